The Morgan fingerprint density at radius 3 is 2.43 bits per heavy atom. The van der Waals surface area contributed by atoms with E-state index < -0.39 is 18.3 Å². The smallest absolute Gasteiger partial charge is 0.406 e. The molecule has 1 aliphatic heterocycles. The van der Waals surface area contributed by atoms with E-state index in [0.29, 0.717) is 40.4 Å². The van der Waals surface area contributed by atoms with E-state index in [0.717, 1.165) is 4.47 Å². The van der Waals surface area contributed by atoms with Crippen LogP contribution in [0.15, 0.2) is 82.3 Å². The zero-order valence-corrected chi connectivity index (χ0v) is 25.7. The van der Waals surface area contributed by atoms with Crippen molar-refractivity contribution < 1.29 is 31.5 Å². The number of alkyl halides is 5. The molecule has 1 fully saturated rings. The van der Waals surface area contributed by atoms with Gasteiger partial charge in [-0.05, 0) is 60.0 Å². The van der Waals surface area contributed by atoms with E-state index in [2.05, 4.69) is 31.0 Å². The van der Waals surface area contributed by atoms with Crippen LogP contribution in [0.25, 0.3) is 11.0 Å². The van der Waals surface area contributed by atoms with Crippen molar-refractivity contribution in [2.75, 3.05) is 24.5 Å². The van der Waals surface area contributed by atoms with E-state index in [1.165, 1.54) is 55.3 Å². The standard InChI is InChI=1S/C30H27BrF5N5O2S/c1-2-29(32,33)20-5-3-19(4-6-20)16-38-28(42)26-18-40(27-17-37-25-15-21(31)7-12-24(25)39-27)13-14-41(26)44-23-10-8-22(9-11-23)43-30(34,35)36/h3-12,15,17,26H,2,13-14,16,18H2,1H3,(H,38,42)/t26-/m1/s1. The van der Waals surface area contributed by atoms with Gasteiger partial charge in [0, 0.05) is 47.5 Å². The minimum Gasteiger partial charge on any atom is -0.406 e. The zero-order valence-electron chi connectivity index (χ0n) is 23.3. The maximum atomic E-state index is 14.0. The van der Waals surface area contributed by atoms with E-state index in [4.69, 9.17) is 4.98 Å². The number of fused-ring (bicyclic) bond motifs is 1. The van der Waals surface area contributed by atoms with Crippen LogP contribution < -0.4 is 15.0 Å². The van der Waals surface area contributed by atoms with Gasteiger partial charge >= 0.3 is 6.36 Å². The third-order valence-electron chi connectivity index (χ3n) is 7.02. The molecular formula is C30H27BrF5N5O2S. The van der Waals surface area contributed by atoms with E-state index in [1.807, 2.05) is 27.4 Å². The first kappa shape index (κ1) is 31.9. The molecule has 0 radical (unpaired) electrons. The number of hydrogen-bond acceptors (Lipinski definition) is 7. The lowest BCUT2D eigenvalue weighted by molar-refractivity contribution is -0.274. The van der Waals surface area contributed by atoms with Crippen LogP contribution in [0.4, 0.5) is 27.8 Å². The maximum absolute atomic E-state index is 14.0. The highest BCUT2D eigenvalue weighted by atomic mass is 79.9. The molecule has 1 amide bonds. The molecule has 0 aliphatic carbocycles. The number of anilines is 1. The van der Waals surface area contributed by atoms with Gasteiger partial charge in [-0.25, -0.2) is 18.1 Å². The summed E-state index contributed by atoms with van der Waals surface area (Å²) in [5.41, 5.74) is 1.98. The van der Waals surface area contributed by atoms with Crippen molar-refractivity contribution in [2.24, 2.45) is 0 Å². The molecule has 4 aromatic rings. The number of nitrogens with zero attached hydrogens (tertiary/aromatic N) is 4. The van der Waals surface area contributed by atoms with Gasteiger partial charge in [-0.15, -0.1) is 13.2 Å². The average Bonchev–Trinajstić information content (AvgIpc) is 3.00. The summed E-state index contributed by atoms with van der Waals surface area (Å²) in [7, 11) is 0. The highest BCUT2D eigenvalue weighted by Gasteiger charge is 2.35. The van der Waals surface area contributed by atoms with Crippen LogP contribution in [0.1, 0.15) is 24.5 Å². The van der Waals surface area contributed by atoms with Crippen LogP contribution in [0.5, 0.6) is 5.75 Å². The van der Waals surface area contributed by atoms with Crippen molar-refractivity contribution >= 4 is 50.6 Å². The summed E-state index contributed by atoms with van der Waals surface area (Å²) >= 11 is 4.67. The first-order valence-electron chi connectivity index (χ1n) is 13.6. The van der Waals surface area contributed by atoms with Gasteiger partial charge in [-0.2, -0.15) is 0 Å². The van der Waals surface area contributed by atoms with Crippen molar-refractivity contribution in [1.29, 1.82) is 0 Å². The van der Waals surface area contributed by atoms with Gasteiger partial charge in [0.15, 0.2) is 0 Å². The molecule has 14 heteroatoms. The molecule has 1 saturated heterocycles. The molecule has 0 spiro atoms. The Bertz CT molecular complexity index is 1610. The van der Waals surface area contributed by atoms with Gasteiger partial charge in [-0.1, -0.05) is 47.1 Å². The third kappa shape index (κ3) is 7.96. The molecule has 1 N–H and O–H groups in total. The van der Waals surface area contributed by atoms with Gasteiger partial charge in [0.2, 0.25) is 5.91 Å². The van der Waals surface area contributed by atoms with Crippen molar-refractivity contribution in [1.82, 2.24) is 19.6 Å². The molecule has 0 unspecified atom stereocenters. The third-order valence-corrected chi connectivity index (χ3v) is 8.66. The monoisotopic (exact) mass is 695 g/mol. The number of carbonyl (C=O) groups excluding carboxylic acids is 1. The predicted molar refractivity (Wildman–Crippen MR) is 161 cm³/mol. The second-order valence-electron chi connectivity index (χ2n) is 10.0. The SMILES string of the molecule is CCC(F)(F)c1ccc(CNC(=O)[C@H]2CN(c3cnc4cc(Br)ccc4n3)CCN2Sc2ccc(OC(F)(F)F)cc2)cc1. The van der Waals surface area contributed by atoms with Gasteiger partial charge in [0.1, 0.15) is 17.6 Å². The Morgan fingerprint density at radius 1 is 1.02 bits per heavy atom. The van der Waals surface area contributed by atoms with Crippen molar-refractivity contribution in [3.63, 3.8) is 0 Å². The fourth-order valence-electron chi connectivity index (χ4n) is 4.64. The Morgan fingerprint density at radius 2 is 1.75 bits per heavy atom. The summed E-state index contributed by atoms with van der Waals surface area (Å²) in [6.45, 7) is 2.73. The number of carbonyl (C=O) groups is 1. The van der Waals surface area contributed by atoms with Gasteiger partial charge in [0.25, 0.3) is 5.92 Å². The highest BCUT2D eigenvalue weighted by Crippen LogP contribution is 2.33. The molecule has 44 heavy (non-hydrogen) atoms. The van der Waals surface area contributed by atoms with Crippen molar-refractivity contribution in [3.8, 4) is 5.75 Å². The Hall–Kier alpha value is -3.49. The number of aromatic nitrogens is 2. The lowest BCUT2D eigenvalue weighted by atomic mass is 10.0. The Balaban J connectivity index is 1.33. The summed E-state index contributed by atoms with van der Waals surface area (Å²) in [5.74, 6) is -2.97. The largest absolute Gasteiger partial charge is 0.573 e. The number of rotatable bonds is 9. The normalized spacial score (nSPS) is 16.2. The molecule has 1 aliphatic rings. The van der Waals surface area contributed by atoms with Gasteiger partial charge in [0.05, 0.1) is 17.2 Å². The minimum atomic E-state index is -4.80. The maximum Gasteiger partial charge on any atom is 0.573 e. The molecule has 1 aromatic heterocycles. The van der Waals surface area contributed by atoms with Crippen LogP contribution in [0.3, 0.4) is 0 Å². The molecular weight excluding hydrogens is 669 g/mol. The number of nitrogens with one attached hydrogen (secondary N) is 1. The predicted octanol–water partition coefficient (Wildman–Crippen LogP) is 7.31. The number of amides is 1. The van der Waals surface area contributed by atoms with E-state index >= 15 is 0 Å². The highest BCUT2D eigenvalue weighted by molar-refractivity contribution is 9.10. The second kappa shape index (κ2) is 13.2. The first-order valence-corrected chi connectivity index (χ1v) is 15.2. The topological polar surface area (TPSA) is 70.6 Å². The van der Waals surface area contributed by atoms with Crippen LogP contribution in [0.2, 0.25) is 0 Å². The summed E-state index contributed by atoms with van der Waals surface area (Å²) < 4.78 is 72.5. The fourth-order valence-corrected chi connectivity index (χ4v) is 5.98. The summed E-state index contributed by atoms with van der Waals surface area (Å²) in [5, 5.41) is 2.91. The molecule has 7 nitrogen and oxygen atoms in total. The first-order chi connectivity index (χ1) is 20.9. The molecule has 232 valence electrons. The van der Waals surface area contributed by atoms with Crippen LogP contribution in [-0.2, 0) is 17.3 Å². The fraction of sp³-hybridized carbons (Fsp3) is 0.300. The van der Waals surface area contributed by atoms with Crippen LogP contribution in [-0.4, -0.2) is 52.2 Å². The Kier molecular flexibility index (Phi) is 9.61. The quantitative estimate of drug-likeness (QED) is 0.146. The van der Waals surface area contributed by atoms with Crippen molar-refractivity contribution in [2.45, 2.75) is 43.1 Å². The average molecular weight is 697 g/mol. The lowest BCUT2D eigenvalue weighted by Gasteiger charge is -2.40. The number of ether oxygens (including phenoxy) is 1. The summed E-state index contributed by atoms with van der Waals surface area (Å²) in [6, 6.07) is 16.2. The molecule has 5 rings (SSSR count). The number of halogens is 6. The molecule has 0 saturated carbocycles. The molecule has 3 aromatic carbocycles. The zero-order chi connectivity index (χ0) is 31.5. The summed E-state index contributed by atoms with van der Waals surface area (Å²) in [6.07, 6.45) is -3.46. The lowest BCUT2D eigenvalue weighted by Crippen LogP contribution is -2.56. The minimum absolute atomic E-state index is 0.0870. The summed E-state index contributed by atoms with van der Waals surface area (Å²) in [4.78, 5) is 25.4. The number of benzene rings is 3. The second-order valence-corrected chi connectivity index (χ2v) is 12.1. The van der Waals surface area contributed by atoms with E-state index in [-0.39, 0.29) is 36.7 Å². The number of hydrogen-bond donors (Lipinski definition) is 1. The van der Waals surface area contributed by atoms with Crippen molar-refractivity contribution in [3.05, 3.63) is 88.5 Å². The molecule has 2 heterocycles. The van der Waals surface area contributed by atoms with Crippen LogP contribution in [0, 0.1) is 0 Å². The Labute approximate surface area is 263 Å². The molecule has 0 bridgehead atoms. The van der Waals surface area contributed by atoms with Gasteiger partial charge < -0.3 is 15.0 Å². The molecule has 1 atom stereocenters. The number of piperazine rings is 1. The van der Waals surface area contributed by atoms with E-state index in [1.54, 1.807) is 18.3 Å². The van der Waals surface area contributed by atoms with Gasteiger partial charge in [-0.3, -0.25) is 9.78 Å². The van der Waals surface area contributed by atoms with Crippen LogP contribution >= 0.6 is 27.9 Å². The van der Waals surface area contributed by atoms with E-state index in [9.17, 15) is 26.7 Å².